The van der Waals surface area contributed by atoms with Gasteiger partial charge in [-0.05, 0) is 12.1 Å². The van der Waals surface area contributed by atoms with Gasteiger partial charge in [-0.1, -0.05) is 39.8 Å². The van der Waals surface area contributed by atoms with Gasteiger partial charge in [-0.2, -0.15) is 0 Å². The van der Waals surface area contributed by atoms with Crippen molar-refractivity contribution in [3.63, 3.8) is 0 Å². The number of carbonyl (C=O) groups is 4. The lowest BCUT2D eigenvalue weighted by Gasteiger charge is -2.07. The van der Waals surface area contributed by atoms with Crippen molar-refractivity contribution in [1.82, 2.24) is 5.32 Å². The number of benzene rings is 1. The number of hydrogen-bond acceptors (Lipinski definition) is 4. The third kappa shape index (κ3) is 6.07. The number of hydrogen-bond donors (Lipinski definition) is 1. The fourth-order valence-corrected chi connectivity index (χ4v) is 1.95. The van der Waals surface area contributed by atoms with Crippen LogP contribution < -0.4 is 5.32 Å². The quantitative estimate of drug-likeness (QED) is 0.706. The van der Waals surface area contributed by atoms with Crippen molar-refractivity contribution in [2.24, 2.45) is 11.8 Å². The largest absolute Gasteiger partial charge is 0.345 e. The number of ketones is 3. The van der Waals surface area contributed by atoms with Crippen molar-refractivity contribution in [3.05, 3.63) is 35.4 Å². The molecule has 1 rings (SSSR count). The van der Waals surface area contributed by atoms with Crippen molar-refractivity contribution in [3.8, 4) is 0 Å². The average molecular weight is 331 g/mol. The maximum atomic E-state index is 12.0. The third-order valence-corrected chi connectivity index (χ3v) is 3.78. The van der Waals surface area contributed by atoms with E-state index in [1.54, 1.807) is 38.1 Å². The highest BCUT2D eigenvalue weighted by Gasteiger charge is 2.14. The zero-order chi connectivity index (χ0) is 18.3. The van der Waals surface area contributed by atoms with Crippen LogP contribution in [0.5, 0.6) is 0 Å². The lowest BCUT2D eigenvalue weighted by atomic mass is 9.99. The molecule has 0 radical (unpaired) electrons. The minimum Gasteiger partial charge on any atom is -0.345 e. The van der Waals surface area contributed by atoms with Gasteiger partial charge in [-0.3, -0.25) is 19.2 Å². The summed E-state index contributed by atoms with van der Waals surface area (Å²) < 4.78 is 0. The summed E-state index contributed by atoms with van der Waals surface area (Å²) in [6, 6.07) is 6.24. The van der Waals surface area contributed by atoms with Gasteiger partial charge < -0.3 is 5.32 Å². The lowest BCUT2D eigenvalue weighted by Crippen LogP contribution is -2.31. The van der Waals surface area contributed by atoms with Crippen molar-refractivity contribution in [1.29, 1.82) is 0 Å². The fraction of sp³-hybridized carbons (Fsp3) is 0.474. The second-order valence-electron chi connectivity index (χ2n) is 6.43. The number of rotatable bonds is 9. The topological polar surface area (TPSA) is 80.3 Å². The second kappa shape index (κ2) is 9.11. The second-order valence-corrected chi connectivity index (χ2v) is 6.43. The van der Waals surface area contributed by atoms with Gasteiger partial charge in [0.2, 0.25) is 0 Å². The van der Waals surface area contributed by atoms with Crippen LogP contribution in [0, 0.1) is 11.8 Å². The molecule has 0 aliphatic carbocycles. The maximum absolute atomic E-state index is 12.0. The highest BCUT2D eigenvalue weighted by Crippen LogP contribution is 2.10. The smallest absolute Gasteiger partial charge is 0.251 e. The first-order valence-electron chi connectivity index (χ1n) is 8.19. The summed E-state index contributed by atoms with van der Waals surface area (Å²) in [4.78, 5) is 47.1. The summed E-state index contributed by atoms with van der Waals surface area (Å²) in [7, 11) is 0. The Morgan fingerprint density at radius 1 is 0.792 bits per heavy atom. The molecule has 0 unspecified atom stereocenters. The molecule has 24 heavy (non-hydrogen) atoms. The highest BCUT2D eigenvalue weighted by molar-refractivity contribution is 6.00. The van der Waals surface area contributed by atoms with E-state index in [1.165, 1.54) is 0 Å². The number of Topliss-reactive ketones (excluding diaryl/α,β-unsaturated/α-hetero) is 3. The molecule has 1 aromatic carbocycles. The van der Waals surface area contributed by atoms with Gasteiger partial charge in [0.15, 0.2) is 11.6 Å². The average Bonchev–Trinajstić information content (AvgIpc) is 2.56. The summed E-state index contributed by atoms with van der Waals surface area (Å²) in [6.45, 7) is 7.17. The molecule has 0 aliphatic rings. The first-order valence-corrected chi connectivity index (χ1v) is 8.19. The lowest BCUT2D eigenvalue weighted by molar-refractivity contribution is -0.122. The molecular weight excluding hydrogens is 306 g/mol. The van der Waals surface area contributed by atoms with Crippen LogP contribution in [0.4, 0.5) is 0 Å². The molecule has 0 saturated carbocycles. The Kier molecular flexibility index (Phi) is 7.49. The number of nitrogens with one attached hydrogen (secondary N) is 1. The van der Waals surface area contributed by atoms with E-state index >= 15 is 0 Å². The molecule has 5 heteroatoms. The monoisotopic (exact) mass is 331 g/mol. The summed E-state index contributed by atoms with van der Waals surface area (Å²) in [5, 5.41) is 2.56. The van der Waals surface area contributed by atoms with Gasteiger partial charge in [0.25, 0.3) is 5.91 Å². The Bertz CT molecular complexity index is 560. The van der Waals surface area contributed by atoms with Crippen LogP contribution in [0.3, 0.4) is 0 Å². The van der Waals surface area contributed by atoms with Crippen molar-refractivity contribution in [2.45, 2.75) is 40.5 Å². The normalized spacial score (nSPS) is 10.8. The molecule has 1 amide bonds. The molecule has 0 saturated heterocycles. The predicted octanol–water partition coefficient (Wildman–Crippen LogP) is 2.83. The SMILES string of the molecule is CC(C)C(=O)CCC(=O)c1ccc(C(=O)NCC(=O)C(C)C)cc1. The van der Waals surface area contributed by atoms with Gasteiger partial charge in [-0.25, -0.2) is 0 Å². The minimum atomic E-state index is -0.349. The van der Waals surface area contributed by atoms with E-state index in [2.05, 4.69) is 5.32 Å². The van der Waals surface area contributed by atoms with Gasteiger partial charge in [0.05, 0.1) is 6.54 Å². The van der Waals surface area contributed by atoms with E-state index in [0.717, 1.165) is 0 Å². The summed E-state index contributed by atoms with van der Waals surface area (Å²) >= 11 is 0. The van der Waals surface area contributed by atoms with Gasteiger partial charge in [0, 0.05) is 35.8 Å². The van der Waals surface area contributed by atoms with Crippen molar-refractivity contribution < 1.29 is 19.2 Å². The first-order chi connectivity index (χ1) is 11.2. The van der Waals surface area contributed by atoms with Gasteiger partial charge in [0.1, 0.15) is 5.78 Å². The molecule has 1 N–H and O–H groups in total. The molecule has 0 aliphatic heterocycles. The molecule has 0 fully saturated rings. The Balaban J connectivity index is 2.58. The standard InChI is InChI=1S/C19H25NO4/c1-12(2)16(21)9-10-17(22)14-5-7-15(8-6-14)19(24)20-11-18(23)13(3)4/h5-8,12-13H,9-11H2,1-4H3,(H,20,24). The summed E-state index contributed by atoms with van der Waals surface area (Å²) in [5.41, 5.74) is 0.864. The van der Waals surface area contributed by atoms with E-state index in [0.29, 0.717) is 11.1 Å². The Hall–Kier alpha value is -2.30. The maximum Gasteiger partial charge on any atom is 0.251 e. The van der Waals surface area contributed by atoms with Crippen molar-refractivity contribution >= 4 is 23.3 Å². The molecule has 130 valence electrons. The molecule has 5 nitrogen and oxygen atoms in total. The van der Waals surface area contributed by atoms with Crippen molar-refractivity contribution in [2.75, 3.05) is 6.54 Å². The van der Waals surface area contributed by atoms with E-state index < -0.39 is 0 Å². The number of carbonyl (C=O) groups excluding carboxylic acids is 4. The fourth-order valence-electron chi connectivity index (χ4n) is 1.95. The van der Waals surface area contributed by atoms with E-state index in [4.69, 9.17) is 0 Å². The number of amides is 1. The molecule has 0 bridgehead atoms. The molecular formula is C19H25NO4. The van der Waals surface area contributed by atoms with E-state index in [9.17, 15) is 19.2 Å². The van der Waals surface area contributed by atoms with Crippen LogP contribution in [0.15, 0.2) is 24.3 Å². The molecule has 0 atom stereocenters. The van der Waals surface area contributed by atoms with Crippen LogP contribution in [-0.2, 0) is 9.59 Å². The van der Waals surface area contributed by atoms with Crippen LogP contribution in [0.2, 0.25) is 0 Å². The van der Waals surface area contributed by atoms with Crippen LogP contribution in [0.25, 0.3) is 0 Å². The van der Waals surface area contributed by atoms with E-state index in [-0.39, 0.29) is 54.5 Å². The Morgan fingerprint density at radius 3 is 1.79 bits per heavy atom. The Morgan fingerprint density at radius 2 is 1.29 bits per heavy atom. The summed E-state index contributed by atoms with van der Waals surface area (Å²) in [5.74, 6) is -0.640. The predicted molar refractivity (Wildman–Crippen MR) is 92.0 cm³/mol. The third-order valence-electron chi connectivity index (χ3n) is 3.78. The van der Waals surface area contributed by atoms with Crippen LogP contribution in [0.1, 0.15) is 61.3 Å². The molecule has 0 spiro atoms. The van der Waals surface area contributed by atoms with Gasteiger partial charge in [-0.15, -0.1) is 0 Å². The zero-order valence-corrected chi connectivity index (χ0v) is 14.7. The molecule has 0 heterocycles. The minimum absolute atomic E-state index is 0.00546. The summed E-state index contributed by atoms with van der Waals surface area (Å²) in [6.07, 6.45) is 0.404. The van der Waals surface area contributed by atoms with E-state index in [1.807, 2.05) is 13.8 Å². The Labute approximate surface area is 142 Å². The molecule has 0 aromatic heterocycles. The zero-order valence-electron chi connectivity index (χ0n) is 14.7. The van der Waals surface area contributed by atoms with Crippen LogP contribution >= 0.6 is 0 Å². The molecule has 1 aromatic rings. The van der Waals surface area contributed by atoms with Crippen LogP contribution in [-0.4, -0.2) is 29.8 Å². The highest BCUT2D eigenvalue weighted by atomic mass is 16.2. The first kappa shape index (κ1) is 19.7. The van der Waals surface area contributed by atoms with Gasteiger partial charge >= 0.3 is 0 Å².